The monoisotopic (exact) mass is 436 g/mol. The van der Waals surface area contributed by atoms with Crippen LogP contribution in [-0.2, 0) is 11.2 Å². The van der Waals surface area contributed by atoms with E-state index in [1.807, 2.05) is 24.3 Å². The van der Waals surface area contributed by atoms with Crippen LogP contribution in [-0.4, -0.2) is 38.0 Å². The Morgan fingerprint density at radius 2 is 1.87 bits per heavy atom. The third kappa shape index (κ3) is 4.34. The smallest absolute Gasteiger partial charge is 0.326 e. The van der Waals surface area contributed by atoms with E-state index in [-0.39, 0.29) is 17.8 Å². The topological polar surface area (TPSA) is 128 Å². The van der Waals surface area contributed by atoms with Gasteiger partial charge in [-0.15, -0.1) is 0 Å². The molecule has 0 aliphatic heterocycles. The normalized spacial score (nSPS) is 11.9. The van der Waals surface area contributed by atoms with Crippen molar-refractivity contribution in [3.8, 4) is 11.4 Å². The average molecular weight is 437 g/mol. The summed E-state index contributed by atoms with van der Waals surface area (Å²) < 4.78 is 0. The van der Waals surface area contributed by atoms with Crippen molar-refractivity contribution in [3.05, 3.63) is 87.4 Å². The summed E-state index contributed by atoms with van der Waals surface area (Å²) in [7, 11) is 0. The predicted molar refractivity (Wildman–Crippen MR) is 116 cm³/mol. The lowest BCUT2D eigenvalue weighted by molar-refractivity contribution is -0.139. The van der Waals surface area contributed by atoms with Crippen LogP contribution in [0.4, 0.5) is 0 Å². The summed E-state index contributed by atoms with van der Waals surface area (Å²) >= 11 is 5.86. The molecule has 4 aromatic rings. The highest BCUT2D eigenvalue weighted by Gasteiger charge is 2.24. The van der Waals surface area contributed by atoms with Gasteiger partial charge in [0.25, 0.3) is 11.5 Å². The van der Waals surface area contributed by atoms with Gasteiger partial charge in [-0.05, 0) is 35.9 Å². The van der Waals surface area contributed by atoms with Gasteiger partial charge < -0.3 is 20.4 Å². The average Bonchev–Trinajstić information content (AvgIpc) is 3.16. The summed E-state index contributed by atoms with van der Waals surface area (Å²) in [6, 6.07) is 12.9. The molecule has 4 rings (SSSR count). The molecule has 4 N–H and O–H groups in total. The lowest BCUT2D eigenvalue weighted by Crippen LogP contribution is -2.44. The first-order valence-electron chi connectivity index (χ1n) is 9.36. The Morgan fingerprint density at radius 3 is 2.58 bits per heavy atom. The molecule has 0 spiro atoms. The molecule has 2 heterocycles. The van der Waals surface area contributed by atoms with Gasteiger partial charge >= 0.3 is 5.97 Å². The first-order valence-corrected chi connectivity index (χ1v) is 9.74. The minimum atomic E-state index is -1.22. The summed E-state index contributed by atoms with van der Waals surface area (Å²) in [6.07, 6.45) is 2.89. The van der Waals surface area contributed by atoms with Crippen LogP contribution in [0, 0.1) is 0 Å². The Bertz CT molecular complexity index is 1330. The molecule has 0 radical (unpaired) electrons. The molecule has 2 aromatic heterocycles. The van der Waals surface area contributed by atoms with E-state index < -0.39 is 23.5 Å². The number of amides is 1. The quantitative estimate of drug-likeness (QED) is 0.369. The van der Waals surface area contributed by atoms with Gasteiger partial charge in [0.15, 0.2) is 0 Å². The molecule has 31 heavy (non-hydrogen) atoms. The van der Waals surface area contributed by atoms with Crippen molar-refractivity contribution in [1.29, 1.82) is 0 Å². The van der Waals surface area contributed by atoms with E-state index in [1.165, 1.54) is 0 Å². The highest BCUT2D eigenvalue weighted by Crippen LogP contribution is 2.19. The molecule has 2 aromatic carbocycles. The number of carbonyl (C=O) groups is 2. The first kappa shape index (κ1) is 20.4. The van der Waals surface area contributed by atoms with Crippen LogP contribution in [0.2, 0.25) is 5.02 Å². The van der Waals surface area contributed by atoms with Gasteiger partial charge in [0.2, 0.25) is 0 Å². The lowest BCUT2D eigenvalue weighted by Gasteiger charge is -2.14. The van der Waals surface area contributed by atoms with E-state index in [9.17, 15) is 19.5 Å². The van der Waals surface area contributed by atoms with E-state index in [1.54, 1.807) is 30.5 Å². The van der Waals surface area contributed by atoms with Crippen LogP contribution in [0.15, 0.2) is 65.7 Å². The van der Waals surface area contributed by atoms with Crippen molar-refractivity contribution < 1.29 is 14.7 Å². The van der Waals surface area contributed by atoms with Crippen LogP contribution >= 0.6 is 11.6 Å². The Kier molecular flexibility index (Phi) is 5.55. The third-order valence-corrected chi connectivity index (χ3v) is 5.12. The zero-order valence-electron chi connectivity index (χ0n) is 16.1. The molecule has 0 fully saturated rings. The van der Waals surface area contributed by atoms with Crippen LogP contribution in [0.5, 0.6) is 0 Å². The number of para-hydroxylation sites is 1. The van der Waals surface area contributed by atoms with Gasteiger partial charge in [0, 0.05) is 40.3 Å². The number of carboxylic acid groups (broad SMARTS) is 1. The number of H-pyrrole nitrogens is 2. The number of fused-ring (bicyclic) bond motifs is 1. The Hall–Kier alpha value is -3.91. The number of carboxylic acids is 1. The predicted octanol–water partition coefficient (Wildman–Crippen LogP) is 3.00. The lowest BCUT2D eigenvalue weighted by atomic mass is 10.0. The number of carbonyl (C=O) groups excluding carboxylic acids is 1. The van der Waals surface area contributed by atoms with Crippen molar-refractivity contribution >= 4 is 34.4 Å². The second-order valence-corrected chi connectivity index (χ2v) is 7.35. The molecule has 0 saturated carbocycles. The van der Waals surface area contributed by atoms with Crippen LogP contribution in [0.1, 0.15) is 15.9 Å². The second kappa shape index (κ2) is 8.45. The molecule has 1 amide bonds. The second-order valence-electron chi connectivity index (χ2n) is 6.91. The van der Waals surface area contributed by atoms with Crippen molar-refractivity contribution in [1.82, 2.24) is 20.3 Å². The van der Waals surface area contributed by atoms with Crippen molar-refractivity contribution in [2.75, 3.05) is 0 Å². The van der Waals surface area contributed by atoms with Crippen LogP contribution in [0.3, 0.4) is 0 Å². The highest BCUT2D eigenvalue weighted by molar-refractivity contribution is 6.30. The Balaban J connectivity index is 1.54. The molecule has 0 aliphatic rings. The maximum atomic E-state index is 12.6. The highest BCUT2D eigenvalue weighted by atomic mass is 35.5. The number of aromatic amines is 2. The SMILES string of the molecule is O=C(NC(Cc1c[nH]c2ccccc12)C(=O)O)c1cnc(-c2ccc(Cl)cc2)[nH]c1=O. The summed E-state index contributed by atoms with van der Waals surface area (Å²) in [5, 5.41) is 13.4. The fourth-order valence-electron chi connectivity index (χ4n) is 3.27. The molecule has 9 heteroatoms. The number of rotatable bonds is 6. The van der Waals surface area contributed by atoms with E-state index >= 15 is 0 Å². The van der Waals surface area contributed by atoms with Crippen molar-refractivity contribution in [2.24, 2.45) is 0 Å². The summed E-state index contributed by atoms with van der Waals surface area (Å²) in [5.41, 5.74) is 1.28. The molecular formula is C22H17ClN4O4. The minimum absolute atomic E-state index is 0.0548. The van der Waals surface area contributed by atoms with E-state index in [0.29, 0.717) is 10.6 Å². The maximum Gasteiger partial charge on any atom is 0.326 e. The van der Waals surface area contributed by atoms with Crippen LogP contribution < -0.4 is 10.9 Å². The summed E-state index contributed by atoms with van der Waals surface area (Å²) in [5.74, 6) is -1.75. The largest absolute Gasteiger partial charge is 0.480 e. The van der Waals surface area contributed by atoms with E-state index in [4.69, 9.17) is 11.6 Å². The number of aliphatic carboxylic acids is 1. The molecule has 0 bridgehead atoms. The Labute approximate surface area is 180 Å². The minimum Gasteiger partial charge on any atom is -0.480 e. The number of hydrogen-bond donors (Lipinski definition) is 4. The zero-order chi connectivity index (χ0) is 22.0. The third-order valence-electron chi connectivity index (χ3n) is 4.86. The molecule has 156 valence electrons. The number of hydrogen-bond acceptors (Lipinski definition) is 4. The van der Waals surface area contributed by atoms with E-state index in [2.05, 4.69) is 20.3 Å². The van der Waals surface area contributed by atoms with Gasteiger partial charge in [-0.25, -0.2) is 9.78 Å². The van der Waals surface area contributed by atoms with Crippen molar-refractivity contribution in [3.63, 3.8) is 0 Å². The maximum absolute atomic E-state index is 12.6. The number of halogens is 1. The molecule has 1 unspecified atom stereocenters. The van der Waals surface area contributed by atoms with Gasteiger partial charge in [0.1, 0.15) is 17.4 Å². The molecule has 8 nitrogen and oxygen atoms in total. The number of nitrogens with one attached hydrogen (secondary N) is 3. The number of aromatic nitrogens is 3. The summed E-state index contributed by atoms with van der Waals surface area (Å²) in [4.78, 5) is 46.5. The Morgan fingerprint density at radius 1 is 1.13 bits per heavy atom. The van der Waals surface area contributed by atoms with Gasteiger partial charge in [-0.2, -0.15) is 0 Å². The van der Waals surface area contributed by atoms with Crippen LogP contribution in [0.25, 0.3) is 22.3 Å². The fraction of sp³-hybridized carbons (Fsp3) is 0.0909. The van der Waals surface area contributed by atoms with Crippen molar-refractivity contribution in [2.45, 2.75) is 12.5 Å². The molecule has 1 atom stereocenters. The first-order chi connectivity index (χ1) is 14.9. The summed E-state index contributed by atoms with van der Waals surface area (Å²) in [6.45, 7) is 0. The fourth-order valence-corrected chi connectivity index (χ4v) is 3.39. The molecule has 0 aliphatic carbocycles. The number of nitrogens with zero attached hydrogens (tertiary/aromatic N) is 1. The van der Waals surface area contributed by atoms with Gasteiger partial charge in [0.05, 0.1) is 0 Å². The van der Waals surface area contributed by atoms with Gasteiger partial charge in [-0.1, -0.05) is 29.8 Å². The number of benzene rings is 2. The van der Waals surface area contributed by atoms with Gasteiger partial charge in [-0.3, -0.25) is 9.59 Å². The molecular weight excluding hydrogens is 420 g/mol. The zero-order valence-corrected chi connectivity index (χ0v) is 16.8. The molecule has 0 saturated heterocycles. The van der Waals surface area contributed by atoms with E-state index in [0.717, 1.165) is 22.7 Å². The standard InChI is InChI=1S/C22H17ClN4O4/c23-14-7-5-12(6-8-14)19-25-11-16(21(29)27-19)20(28)26-18(22(30)31)9-13-10-24-17-4-2-1-3-15(13)17/h1-8,10-11,18,24H,9H2,(H,26,28)(H,30,31)(H,25,27,29).